The Labute approximate surface area is 133 Å². The Morgan fingerprint density at radius 1 is 0.870 bits per heavy atom. The summed E-state index contributed by atoms with van der Waals surface area (Å²) in [5.74, 6) is -1.32. The smallest absolute Gasteiger partial charge is 0.335 e. The van der Waals surface area contributed by atoms with Crippen LogP contribution >= 0.6 is 0 Å². The first-order chi connectivity index (χ1) is 11.0. The fourth-order valence-electron chi connectivity index (χ4n) is 1.36. The second kappa shape index (κ2) is 9.73. The lowest BCUT2D eigenvalue weighted by Crippen LogP contribution is -2.11. The summed E-state index contributed by atoms with van der Waals surface area (Å²) in [6, 6.07) is 6.50. The molecule has 0 fully saturated rings. The zero-order valence-electron chi connectivity index (χ0n) is 12.4. The molecule has 1 rings (SSSR count). The van der Waals surface area contributed by atoms with E-state index < -0.39 is 17.9 Å². The molecule has 6 heteroatoms. The summed E-state index contributed by atoms with van der Waals surface area (Å²) in [5, 5.41) is 0. The Hall–Kier alpha value is -3.15. The predicted octanol–water partition coefficient (Wildman–Crippen LogP) is 2.06. The molecule has 1 aromatic carbocycles. The normalized spacial score (nSPS) is 9.91. The van der Waals surface area contributed by atoms with E-state index in [1.165, 1.54) is 12.2 Å². The van der Waals surface area contributed by atoms with Crippen LogP contribution in [0.5, 0.6) is 5.75 Å². The standard InChI is InChI=1S/C17H16O6/c1-3-15(18)21-11-12-22-17(20)10-7-13-5-8-14(9-6-13)23-16(19)4-2/h3-10H,1-2,11-12H2/b10-7+. The highest BCUT2D eigenvalue weighted by Gasteiger charge is 2.01. The van der Waals surface area contributed by atoms with Crippen LogP contribution in [0.15, 0.2) is 55.7 Å². The van der Waals surface area contributed by atoms with Crippen LogP contribution in [0.3, 0.4) is 0 Å². The summed E-state index contributed by atoms with van der Waals surface area (Å²) in [7, 11) is 0. The summed E-state index contributed by atoms with van der Waals surface area (Å²) in [5.41, 5.74) is 0.721. The Bertz CT molecular complexity index is 612. The molecule has 0 aliphatic heterocycles. The van der Waals surface area contributed by atoms with Crippen LogP contribution < -0.4 is 4.74 Å². The van der Waals surface area contributed by atoms with Crippen LogP contribution in [0.1, 0.15) is 5.56 Å². The van der Waals surface area contributed by atoms with Crippen molar-refractivity contribution in [1.82, 2.24) is 0 Å². The maximum atomic E-state index is 11.4. The number of esters is 3. The molecule has 120 valence electrons. The monoisotopic (exact) mass is 316 g/mol. The van der Waals surface area contributed by atoms with Gasteiger partial charge in [0, 0.05) is 18.2 Å². The van der Waals surface area contributed by atoms with E-state index in [2.05, 4.69) is 17.9 Å². The lowest BCUT2D eigenvalue weighted by atomic mass is 10.2. The van der Waals surface area contributed by atoms with Crippen LogP contribution in [-0.2, 0) is 23.9 Å². The number of carbonyl (C=O) groups is 3. The summed E-state index contributed by atoms with van der Waals surface area (Å²) in [6.07, 6.45) is 4.87. The van der Waals surface area contributed by atoms with Crippen molar-refractivity contribution in [2.45, 2.75) is 0 Å². The average molecular weight is 316 g/mol. The van der Waals surface area contributed by atoms with E-state index in [9.17, 15) is 14.4 Å². The zero-order valence-corrected chi connectivity index (χ0v) is 12.4. The molecule has 0 aliphatic carbocycles. The van der Waals surface area contributed by atoms with Crippen molar-refractivity contribution in [3.63, 3.8) is 0 Å². The van der Waals surface area contributed by atoms with Crippen molar-refractivity contribution >= 4 is 24.0 Å². The van der Waals surface area contributed by atoms with Gasteiger partial charge in [0.25, 0.3) is 0 Å². The number of hydrogen-bond acceptors (Lipinski definition) is 6. The van der Waals surface area contributed by atoms with E-state index >= 15 is 0 Å². The molecular weight excluding hydrogens is 300 g/mol. The Balaban J connectivity index is 2.39. The van der Waals surface area contributed by atoms with Gasteiger partial charge in [-0.1, -0.05) is 25.3 Å². The minimum Gasteiger partial charge on any atom is -0.459 e. The molecule has 0 radical (unpaired) electrons. The van der Waals surface area contributed by atoms with Crippen LogP contribution in [0.4, 0.5) is 0 Å². The zero-order chi connectivity index (χ0) is 17.1. The average Bonchev–Trinajstić information content (AvgIpc) is 2.57. The van der Waals surface area contributed by atoms with Crippen molar-refractivity contribution in [2.24, 2.45) is 0 Å². The van der Waals surface area contributed by atoms with Crippen LogP contribution in [0.25, 0.3) is 6.08 Å². The highest BCUT2D eigenvalue weighted by molar-refractivity contribution is 5.87. The summed E-state index contributed by atoms with van der Waals surface area (Å²) in [6.45, 7) is 6.46. The first-order valence-corrected chi connectivity index (χ1v) is 6.63. The Kier molecular flexibility index (Phi) is 7.57. The van der Waals surface area contributed by atoms with Gasteiger partial charge in [-0.25, -0.2) is 14.4 Å². The number of carbonyl (C=O) groups excluding carboxylic acids is 3. The van der Waals surface area contributed by atoms with Crippen LogP contribution in [0.2, 0.25) is 0 Å². The first-order valence-electron chi connectivity index (χ1n) is 6.63. The minimum absolute atomic E-state index is 0.0339. The summed E-state index contributed by atoms with van der Waals surface area (Å²) >= 11 is 0. The highest BCUT2D eigenvalue weighted by Crippen LogP contribution is 2.13. The van der Waals surface area contributed by atoms with Gasteiger partial charge in [0.15, 0.2) is 0 Å². The fraction of sp³-hybridized carbons (Fsp3) is 0.118. The van der Waals surface area contributed by atoms with Crippen molar-refractivity contribution < 1.29 is 28.6 Å². The Morgan fingerprint density at radius 2 is 1.43 bits per heavy atom. The second-order valence-electron chi connectivity index (χ2n) is 4.07. The lowest BCUT2D eigenvalue weighted by molar-refractivity contribution is -0.145. The number of hydrogen-bond donors (Lipinski definition) is 0. The summed E-state index contributed by atoms with van der Waals surface area (Å²) in [4.78, 5) is 33.2. The molecule has 0 aliphatic rings. The fourth-order valence-corrected chi connectivity index (χ4v) is 1.36. The summed E-state index contributed by atoms with van der Waals surface area (Å²) < 4.78 is 14.4. The predicted molar refractivity (Wildman–Crippen MR) is 83.4 cm³/mol. The van der Waals surface area contributed by atoms with E-state index in [0.29, 0.717) is 5.75 Å². The van der Waals surface area contributed by atoms with Gasteiger partial charge in [0.1, 0.15) is 19.0 Å². The molecule has 0 saturated carbocycles. The molecule has 0 amide bonds. The molecule has 0 spiro atoms. The van der Waals surface area contributed by atoms with Gasteiger partial charge < -0.3 is 14.2 Å². The number of rotatable bonds is 8. The molecule has 0 saturated heterocycles. The molecule has 1 aromatic rings. The van der Waals surface area contributed by atoms with Crippen molar-refractivity contribution in [3.8, 4) is 5.75 Å². The lowest BCUT2D eigenvalue weighted by Gasteiger charge is -2.03. The third-order valence-electron chi connectivity index (χ3n) is 2.42. The maximum absolute atomic E-state index is 11.4. The quantitative estimate of drug-likeness (QED) is 0.316. The highest BCUT2D eigenvalue weighted by atomic mass is 16.6. The third-order valence-corrected chi connectivity index (χ3v) is 2.42. The third kappa shape index (κ3) is 7.42. The van der Waals surface area contributed by atoms with Gasteiger partial charge in [-0.15, -0.1) is 0 Å². The molecule has 0 unspecified atom stereocenters. The Morgan fingerprint density at radius 3 is 2.00 bits per heavy atom. The number of ether oxygens (including phenoxy) is 3. The first kappa shape index (κ1) is 17.9. The van der Waals surface area contributed by atoms with Gasteiger partial charge >= 0.3 is 17.9 Å². The largest absolute Gasteiger partial charge is 0.459 e. The van der Waals surface area contributed by atoms with E-state index in [1.807, 2.05) is 0 Å². The molecule has 0 aromatic heterocycles. The minimum atomic E-state index is -0.575. The molecule has 6 nitrogen and oxygen atoms in total. The molecule has 0 atom stereocenters. The van der Waals surface area contributed by atoms with Gasteiger partial charge in [-0.3, -0.25) is 0 Å². The van der Waals surface area contributed by atoms with Crippen molar-refractivity contribution in [3.05, 3.63) is 61.2 Å². The number of benzene rings is 1. The maximum Gasteiger partial charge on any atom is 0.335 e. The second-order valence-corrected chi connectivity index (χ2v) is 4.07. The molecule has 0 heterocycles. The molecule has 0 bridgehead atoms. The van der Waals surface area contributed by atoms with Gasteiger partial charge in [0.2, 0.25) is 0 Å². The van der Waals surface area contributed by atoms with Crippen LogP contribution in [-0.4, -0.2) is 31.1 Å². The van der Waals surface area contributed by atoms with Crippen molar-refractivity contribution in [1.29, 1.82) is 0 Å². The topological polar surface area (TPSA) is 78.9 Å². The van der Waals surface area contributed by atoms with Gasteiger partial charge in [-0.2, -0.15) is 0 Å². The van der Waals surface area contributed by atoms with Gasteiger partial charge in [0.05, 0.1) is 0 Å². The SMILES string of the molecule is C=CC(=O)OCCOC(=O)/C=C/c1ccc(OC(=O)C=C)cc1. The van der Waals surface area contributed by atoms with E-state index in [-0.39, 0.29) is 13.2 Å². The van der Waals surface area contributed by atoms with E-state index in [4.69, 9.17) is 9.47 Å². The van der Waals surface area contributed by atoms with E-state index in [1.54, 1.807) is 24.3 Å². The molecule has 0 N–H and O–H groups in total. The molecule has 23 heavy (non-hydrogen) atoms. The molecular formula is C17H16O6. The van der Waals surface area contributed by atoms with Crippen molar-refractivity contribution in [2.75, 3.05) is 13.2 Å². The van der Waals surface area contributed by atoms with E-state index in [0.717, 1.165) is 17.7 Å². The van der Waals surface area contributed by atoms with Gasteiger partial charge in [-0.05, 0) is 23.8 Å². The van der Waals surface area contributed by atoms with Crippen LogP contribution in [0, 0.1) is 0 Å².